The largest absolute Gasteiger partial charge is 0.481 e. The van der Waals surface area contributed by atoms with Gasteiger partial charge in [-0.05, 0) is 31.2 Å². The number of H-pyrrole nitrogens is 1. The van der Waals surface area contributed by atoms with Crippen LogP contribution in [0.1, 0.15) is 34.5 Å². The molecule has 2 aromatic heterocycles. The van der Waals surface area contributed by atoms with Crippen LogP contribution in [0, 0.1) is 0 Å². The van der Waals surface area contributed by atoms with Crippen molar-refractivity contribution in [2.75, 3.05) is 0 Å². The van der Waals surface area contributed by atoms with Gasteiger partial charge in [-0.15, -0.1) is 0 Å². The maximum Gasteiger partial charge on any atom is 0.310 e. The molecule has 1 atom stereocenters. The first-order valence-electron chi connectivity index (χ1n) is 6.97. The summed E-state index contributed by atoms with van der Waals surface area (Å²) in [5.41, 5.74) is 1.74. The van der Waals surface area contributed by atoms with Crippen molar-refractivity contribution in [3.05, 3.63) is 64.6 Å². The molecule has 3 aromatic rings. The van der Waals surface area contributed by atoms with E-state index in [1.54, 1.807) is 43.5 Å². The molecule has 6 heteroatoms. The van der Waals surface area contributed by atoms with E-state index in [1.165, 1.54) is 6.20 Å². The smallest absolute Gasteiger partial charge is 0.310 e. The van der Waals surface area contributed by atoms with Crippen molar-refractivity contribution in [1.29, 1.82) is 0 Å². The highest BCUT2D eigenvalue weighted by Gasteiger charge is 2.26. The Balaban J connectivity index is 2.25. The van der Waals surface area contributed by atoms with E-state index in [2.05, 4.69) is 9.97 Å². The molecule has 0 bridgehead atoms. The van der Waals surface area contributed by atoms with Crippen molar-refractivity contribution in [3.8, 4) is 0 Å². The van der Waals surface area contributed by atoms with Crippen LogP contribution in [-0.4, -0.2) is 26.8 Å². The molecule has 2 heterocycles. The number of aliphatic carboxylic acids is 1. The number of carboxylic acids is 1. The summed E-state index contributed by atoms with van der Waals surface area (Å²) < 4.78 is 0. The molecule has 0 aliphatic heterocycles. The Kier molecular flexibility index (Phi) is 3.88. The number of rotatable bonds is 4. The fourth-order valence-corrected chi connectivity index (χ4v) is 2.76. The molecule has 0 spiro atoms. The summed E-state index contributed by atoms with van der Waals surface area (Å²) in [5, 5.41) is 10.6. The SMILES string of the molecule is CC(C(=O)O)c1c(C(=O)c2cccnc2)[nH]c2cc(Cl)ccc12. The lowest BCUT2D eigenvalue weighted by Crippen LogP contribution is -2.13. The van der Waals surface area contributed by atoms with Crippen LogP contribution in [0.5, 0.6) is 0 Å². The van der Waals surface area contributed by atoms with E-state index in [1.807, 2.05) is 0 Å². The second-order valence-corrected chi connectivity index (χ2v) is 5.67. The van der Waals surface area contributed by atoms with Gasteiger partial charge < -0.3 is 10.1 Å². The lowest BCUT2D eigenvalue weighted by molar-refractivity contribution is -0.138. The number of fused-ring (bicyclic) bond motifs is 1. The molecule has 23 heavy (non-hydrogen) atoms. The van der Waals surface area contributed by atoms with Crippen molar-refractivity contribution in [3.63, 3.8) is 0 Å². The van der Waals surface area contributed by atoms with Crippen LogP contribution in [0.4, 0.5) is 0 Å². The van der Waals surface area contributed by atoms with Gasteiger partial charge in [0.2, 0.25) is 5.78 Å². The number of carboxylic acid groups (broad SMARTS) is 1. The number of halogens is 1. The molecule has 1 unspecified atom stereocenters. The van der Waals surface area contributed by atoms with E-state index in [-0.39, 0.29) is 11.5 Å². The lowest BCUT2D eigenvalue weighted by Gasteiger charge is -2.08. The van der Waals surface area contributed by atoms with Gasteiger partial charge in [-0.3, -0.25) is 14.6 Å². The average molecular weight is 329 g/mol. The topological polar surface area (TPSA) is 83.0 Å². The molecule has 0 saturated carbocycles. The number of carbonyl (C=O) groups is 2. The van der Waals surface area contributed by atoms with Crippen LogP contribution in [0.2, 0.25) is 5.02 Å². The Morgan fingerprint density at radius 2 is 2.09 bits per heavy atom. The first kappa shape index (κ1) is 15.2. The van der Waals surface area contributed by atoms with Crippen molar-refractivity contribution in [2.24, 2.45) is 0 Å². The standard InChI is InChI=1S/C17H13ClN2O3/c1-9(17(22)23)14-12-5-4-11(18)7-13(12)20-15(14)16(21)10-3-2-6-19-8-10/h2-9,20H,1H3,(H,22,23). The number of nitrogens with zero attached hydrogens (tertiary/aromatic N) is 1. The molecule has 0 aliphatic rings. The van der Waals surface area contributed by atoms with Gasteiger partial charge in [0.1, 0.15) is 0 Å². The second-order valence-electron chi connectivity index (χ2n) is 5.23. The third-order valence-corrected chi connectivity index (χ3v) is 3.99. The van der Waals surface area contributed by atoms with Crippen LogP contribution in [-0.2, 0) is 4.79 Å². The van der Waals surface area contributed by atoms with E-state index in [0.29, 0.717) is 27.1 Å². The number of pyridine rings is 1. The molecule has 0 radical (unpaired) electrons. The highest BCUT2D eigenvalue weighted by molar-refractivity contribution is 6.31. The minimum Gasteiger partial charge on any atom is -0.481 e. The molecule has 1 aromatic carbocycles. The van der Waals surface area contributed by atoms with Crippen LogP contribution >= 0.6 is 11.6 Å². The molecule has 0 aliphatic carbocycles. The van der Waals surface area contributed by atoms with Crippen molar-refractivity contribution in [2.45, 2.75) is 12.8 Å². The van der Waals surface area contributed by atoms with Crippen molar-refractivity contribution < 1.29 is 14.7 Å². The zero-order valence-electron chi connectivity index (χ0n) is 12.2. The zero-order chi connectivity index (χ0) is 16.6. The minimum absolute atomic E-state index is 0.255. The predicted molar refractivity (Wildman–Crippen MR) is 87.0 cm³/mol. The number of hydrogen-bond acceptors (Lipinski definition) is 3. The number of aromatic amines is 1. The number of ketones is 1. The van der Waals surface area contributed by atoms with Gasteiger partial charge in [-0.2, -0.15) is 0 Å². The first-order chi connectivity index (χ1) is 11.0. The number of hydrogen-bond donors (Lipinski definition) is 2. The Morgan fingerprint density at radius 1 is 1.30 bits per heavy atom. The van der Waals surface area contributed by atoms with Gasteiger partial charge in [0.25, 0.3) is 0 Å². The quantitative estimate of drug-likeness (QED) is 0.716. The molecule has 5 nitrogen and oxygen atoms in total. The fraction of sp³-hybridized carbons (Fsp3) is 0.118. The summed E-state index contributed by atoms with van der Waals surface area (Å²) in [7, 11) is 0. The normalized spacial score (nSPS) is 12.3. The van der Waals surface area contributed by atoms with E-state index in [4.69, 9.17) is 11.6 Å². The summed E-state index contributed by atoms with van der Waals surface area (Å²) in [6.07, 6.45) is 3.03. The lowest BCUT2D eigenvalue weighted by atomic mass is 9.95. The Hall–Kier alpha value is -2.66. The number of aromatic nitrogens is 2. The van der Waals surface area contributed by atoms with E-state index >= 15 is 0 Å². The van der Waals surface area contributed by atoms with Crippen LogP contribution in [0.3, 0.4) is 0 Å². The summed E-state index contributed by atoms with van der Waals surface area (Å²) in [6.45, 7) is 1.56. The first-order valence-corrected chi connectivity index (χ1v) is 7.35. The van der Waals surface area contributed by atoms with Gasteiger partial charge in [-0.1, -0.05) is 17.7 Å². The molecule has 0 amide bonds. The van der Waals surface area contributed by atoms with Crippen molar-refractivity contribution in [1.82, 2.24) is 9.97 Å². The maximum atomic E-state index is 12.8. The molecule has 3 rings (SSSR count). The maximum absolute atomic E-state index is 12.8. The van der Waals surface area contributed by atoms with E-state index < -0.39 is 11.9 Å². The van der Waals surface area contributed by atoms with Gasteiger partial charge in [0, 0.05) is 39.4 Å². The summed E-state index contributed by atoms with van der Waals surface area (Å²) in [6, 6.07) is 8.38. The molecule has 0 fully saturated rings. The predicted octanol–water partition coefficient (Wildman–Crippen LogP) is 3.64. The Morgan fingerprint density at radius 3 is 2.74 bits per heavy atom. The third-order valence-electron chi connectivity index (χ3n) is 3.76. The Labute approximate surface area is 136 Å². The molecular weight excluding hydrogens is 316 g/mol. The van der Waals surface area contributed by atoms with E-state index in [0.717, 1.165) is 0 Å². The molecular formula is C17H13ClN2O3. The summed E-state index contributed by atoms with van der Waals surface area (Å²) >= 11 is 5.99. The van der Waals surface area contributed by atoms with E-state index in [9.17, 15) is 14.7 Å². The number of carbonyl (C=O) groups excluding carboxylic acids is 1. The Bertz CT molecular complexity index is 903. The fourth-order valence-electron chi connectivity index (χ4n) is 2.59. The zero-order valence-corrected chi connectivity index (χ0v) is 13.0. The highest BCUT2D eigenvalue weighted by atomic mass is 35.5. The second kappa shape index (κ2) is 5.85. The molecule has 0 saturated heterocycles. The monoisotopic (exact) mass is 328 g/mol. The number of nitrogens with one attached hydrogen (secondary N) is 1. The van der Waals surface area contributed by atoms with Crippen LogP contribution in [0.15, 0.2) is 42.7 Å². The number of benzene rings is 1. The minimum atomic E-state index is -0.999. The summed E-state index contributed by atoms with van der Waals surface area (Å²) in [5.74, 6) is -2.13. The van der Waals surface area contributed by atoms with Crippen LogP contribution in [0.25, 0.3) is 10.9 Å². The van der Waals surface area contributed by atoms with Gasteiger partial charge in [-0.25, -0.2) is 0 Å². The van der Waals surface area contributed by atoms with Gasteiger partial charge in [0.05, 0.1) is 11.6 Å². The van der Waals surface area contributed by atoms with Gasteiger partial charge >= 0.3 is 5.97 Å². The molecule has 116 valence electrons. The van der Waals surface area contributed by atoms with Crippen LogP contribution < -0.4 is 0 Å². The van der Waals surface area contributed by atoms with Gasteiger partial charge in [0.15, 0.2) is 0 Å². The van der Waals surface area contributed by atoms with Crippen molar-refractivity contribution >= 4 is 34.3 Å². The molecule has 2 N–H and O–H groups in total. The summed E-state index contributed by atoms with van der Waals surface area (Å²) in [4.78, 5) is 31.2. The average Bonchev–Trinajstić information content (AvgIpc) is 2.92. The third kappa shape index (κ3) is 2.71. The highest BCUT2D eigenvalue weighted by Crippen LogP contribution is 2.32.